The molecule has 0 aromatic carbocycles. The van der Waals surface area contributed by atoms with Crippen LogP contribution in [-0.2, 0) is 14.3 Å². The van der Waals surface area contributed by atoms with Gasteiger partial charge in [0.1, 0.15) is 6.10 Å². The predicted molar refractivity (Wildman–Crippen MR) is 153 cm³/mol. The third-order valence-corrected chi connectivity index (χ3v) is 5.69. The first-order chi connectivity index (χ1) is 17.6. The van der Waals surface area contributed by atoms with Crippen molar-refractivity contribution in [2.75, 3.05) is 0 Å². The van der Waals surface area contributed by atoms with Gasteiger partial charge in [-0.05, 0) is 76.7 Å². The number of rotatable bonds is 24. The van der Waals surface area contributed by atoms with Crippen molar-refractivity contribution >= 4 is 11.9 Å². The highest BCUT2D eigenvalue weighted by Crippen LogP contribution is 2.13. The summed E-state index contributed by atoms with van der Waals surface area (Å²) >= 11 is 0. The quantitative estimate of drug-likeness (QED) is 0.0814. The second kappa shape index (κ2) is 27.2. The van der Waals surface area contributed by atoms with E-state index in [0.29, 0.717) is 12.8 Å². The fraction of sp³-hybridized carbons (Fsp3) is 0.625. The number of carbonyl (C=O) groups excluding carboxylic acids is 1. The minimum Gasteiger partial charge on any atom is -0.481 e. The van der Waals surface area contributed by atoms with Gasteiger partial charge in [0, 0.05) is 12.8 Å². The smallest absolute Gasteiger partial charge is 0.306 e. The van der Waals surface area contributed by atoms with Gasteiger partial charge in [0.25, 0.3) is 0 Å². The summed E-state index contributed by atoms with van der Waals surface area (Å²) in [4.78, 5) is 23.0. The molecule has 1 unspecified atom stereocenters. The lowest BCUT2D eigenvalue weighted by atomic mass is 10.1. The summed E-state index contributed by atoms with van der Waals surface area (Å²) < 4.78 is 5.76. The number of carbonyl (C=O) groups is 2. The number of aliphatic carboxylic acids is 1. The number of carboxylic acid groups (broad SMARTS) is 1. The van der Waals surface area contributed by atoms with Crippen LogP contribution >= 0.6 is 0 Å². The molecule has 0 fully saturated rings. The Morgan fingerprint density at radius 3 is 1.94 bits per heavy atom. The number of carboxylic acids is 1. The highest BCUT2D eigenvalue weighted by atomic mass is 16.5. The monoisotopic (exact) mass is 500 g/mol. The first-order valence-corrected chi connectivity index (χ1v) is 14.3. The van der Waals surface area contributed by atoms with Crippen LogP contribution in [0.2, 0.25) is 0 Å². The summed E-state index contributed by atoms with van der Waals surface area (Å²) in [5, 5.41) is 8.74. The Labute approximate surface area is 221 Å². The molecule has 0 bridgehead atoms. The molecule has 0 rings (SSSR count). The maximum atomic E-state index is 12.4. The lowest BCUT2D eigenvalue weighted by Crippen LogP contribution is -2.16. The van der Waals surface area contributed by atoms with E-state index in [4.69, 9.17) is 9.84 Å². The largest absolute Gasteiger partial charge is 0.481 e. The maximum absolute atomic E-state index is 12.4. The molecule has 0 saturated carbocycles. The summed E-state index contributed by atoms with van der Waals surface area (Å²) in [5.41, 5.74) is 0. The van der Waals surface area contributed by atoms with E-state index < -0.39 is 5.97 Å². The number of hydrogen-bond donors (Lipinski definition) is 1. The Morgan fingerprint density at radius 1 is 0.667 bits per heavy atom. The summed E-state index contributed by atoms with van der Waals surface area (Å²) in [6, 6.07) is 0. The maximum Gasteiger partial charge on any atom is 0.306 e. The fourth-order valence-electron chi connectivity index (χ4n) is 3.62. The second-order valence-electron chi connectivity index (χ2n) is 9.19. The van der Waals surface area contributed by atoms with Gasteiger partial charge in [0.2, 0.25) is 0 Å². The second-order valence-corrected chi connectivity index (χ2v) is 9.19. The van der Waals surface area contributed by atoms with Gasteiger partial charge in [-0.15, -0.1) is 0 Å². The third kappa shape index (κ3) is 26.2. The van der Waals surface area contributed by atoms with Crippen LogP contribution in [0.15, 0.2) is 60.8 Å². The summed E-state index contributed by atoms with van der Waals surface area (Å²) in [6.07, 6.45) is 36.7. The van der Waals surface area contributed by atoms with Crippen LogP contribution in [0.4, 0.5) is 0 Å². The van der Waals surface area contributed by atoms with Crippen LogP contribution in [0.1, 0.15) is 123 Å². The van der Waals surface area contributed by atoms with Crippen LogP contribution in [0.5, 0.6) is 0 Å². The van der Waals surface area contributed by atoms with Crippen molar-refractivity contribution in [1.29, 1.82) is 0 Å². The Hall–Kier alpha value is -2.36. The van der Waals surface area contributed by atoms with Gasteiger partial charge in [0.05, 0.1) is 0 Å². The van der Waals surface area contributed by atoms with Gasteiger partial charge in [-0.25, -0.2) is 0 Å². The number of esters is 1. The van der Waals surface area contributed by atoms with Crippen molar-refractivity contribution in [3.63, 3.8) is 0 Å². The van der Waals surface area contributed by atoms with Crippen LogP contribution < -0.4 is 0 Å². The molecule has 4 heteroatoms. The molecule has 0 saturated heterocycles. The number of ether oxygens (including phenoxy) is 1. The molecule has 0 aliphatic heterocycles. The molecule has 1 N–H and O–H groups in total. The number of hydrogen-bond acceptors (Lipinski definition) is 3. The molecule has 204 valence electrons. The lowest BCUT2D eigenvalue weighted by Gasteiger charge is -2.14. The van der Waals surface area contributed by atoms with E-state index in [-0.39, 0.29) is 18.5 Å². The van der Waals surface area contributed by atoms with Crippen molar-refractivity contribution in [3.05, 3.63) is 60.8 Å². The van der Waals surface area contributed by atoms with Gasteiger partial charge < -0.3 is 9.84 Å². The molecular weight excluding hydrogens is 448 g/mol. The van der Waals surface area contributed by atoms with E-state index in [2.05, 4.69) is 68.5 Å². The zero-order valence-corrected chi connectivity index (χ0v) is 23.0. The van der Waals surface area contributed by atoms with Crippen LogP contribution in [0, 0.1) is 0 Å². The first kappa shape index (κ1) is 33.6. The summed E-state index contributed by atoms with van der Waals surface area (Å²) in [5.74, 6) is -0.852. The van der Waals surface area contributed by atoms with Gasteiger partial charge >= 0.3 is 11.9 Å². The van der Waals surface area contributed by atoms with E-state index >= 15 is 0 Å². The minimum absolute atomic E-state index is 0.116. The van der Waals surface area contributed by atoms with E-state index in [9.17, 15) is 9.59 Å². The molecule has 0 aliphatic carbocycles. The predicted octanol–water partition coefficient (Wildman–Crippen LogP) is 9.44. The molecule has 0 aliphatic rings. The SMILES string of the molecule is CC/C=C\C/C=C\C/C=C\CCCCCC(=O)OC(/C=C\C/C=C\CCC)CCCCCCC(=O)O. The molecule has 0 heterocycles. The van der Waals surface area contributed by atoms with Crippen molar-refractivity contribution in [2.24, 2.45) is 0 Å². The topological polar surface area (TPSA) is 63.6 Å². The normalized spacial score (nSPS) is 13.2. The standard InChI is InChI=1S/C32H52O4/c1-3-5-7-9-11-12-13-14-15-16-17-19-25-29-32(35)36-30(26-22-18-10-8-6-4-2)27-23-20-21-24-28-31(33)34/h5,7-8,10-12,14-15,22,26,30H,3-4,6,9,13,16-21,23-25,27-29H2,1-2H3,(H,33,34)/b7-5-,10-8-,12-11-,15-14-,26-22-. The number of allylic oxidation sites excluding steroid dienone is 9. The zero-order valence-electron chi connectivity index (χ0n) is 23.0. The van der Waals surface area contributed by atoms with E-state index in [0.717, 1.165) is 89.9 Å². The van der Waals surface area contributed by atoms with Crippen molar-refractivity contribution in [1.82, 2.24) is 0 Å². The van der Waals surface area contributed by atoms with Crippen molar-refractivity contribution < 1.29 is 19.4 Å². The van der Waals surface area contributed by atoms with E-state index in [1.54, 1.807) is 0 Å². The van der Waals surface area contributed by atoms with Crippen LogP contribution in [0.25, 0.3) is 0 Å². The molecule has 0 aromatic heterocycles. The Balaban J connectivity index is 4.16. The molecule has 0 spiro atoms. The molecule has 36 heavy (non-hydrogen) atoms. The van der Waals surface area contributed by atoms with Crippen molar-refractivity contribution in [3.8, 4) is 0 Å². The summed E-state index contributed by atoms with van der Waals surface area (Å²) in [6.45, 7) is 4.31. The molecule has 0 aromatic rings. The minimum atomic E-state index is -0.736. The van der Waals surface area contributed by atoms with Gasteiger partial charge in [-0.3, -0.25) is 9.59 Å². The zero-order chi connectivity index (χ0) is 26.5. The molecule has 4 nitrogen and oxygen atoms in total. The molecule has 0 radical (unpaired) electrons. The van der Waals surface area contributed by atoms with Crippen LogP contribution in [-0.4, -0.2) is 23.1 Å². The average Bonchev–Trinajstić information content (AvgIpc) is 2.85. The van der Waals surface area contributed by atoms with E-state index in [1.165, 1.54) is 0 Å². The molecule has 1 atom stereocenters. The molecule has 0 amide bonds. The summed E-state index contributed by atoms with van der Waals surface area (Å²) in [7, 11) is 0. The lowest BCUT2D eigenvalue weighted by molar-refractivity contribution is -0.147. The Kier molecular flexibility index (Phi) is 25.4. The highest BCUT2D eigenvalue weighted by Gasteiger charge is 2.11. The van der Waals surface area contributed by atoms with Gasteiger partial charge in [-0.2, -0.15) is 0 Å². The van der Waals surface area contributed by atoms with Gasteiger partial charge in [-0.1, -0.05) is 94.2 Å². The van der Waals surface area contributed by atoms with Crippen LogP contribution in [0.3, 0.4) is 0 Å². The molecular formula is C32H52O4. The van der Waals surface area contributed by atoms with Gasteiger partial charge in [0.15, 0.2) is 0 Å². The fourth-order valence-corrected chi connectivity index (χ4v) is 3.62. The number of unbranched alkanes of at least 4 members (excludes halogenated alkanes) is 7. The third-order valence-electron chi connectivity index (χ3n) is 5.69. The van der Waals surface area contributed by atoms with Crippen molar-refractivity contribution in [2.45, 2.75) is 129 Å². The highest BCUT2D eigenvalue weighted by molar-refractivity contribution is 5.69. The Bertz CT molecular complexity index is 670. The van der Waals surface area contributed by atoms with E-state index in [1.807, 2.05) is 6.08 Å². The average molecular weight is 501 g/mol. The first-order valence-electron chi connectivity index (χ1n) is 14.3. The Morgan fingerprint density at radius 2 is 1.25 bits per heavy atom.